The second-order valence-corrected chi connectivity index (χ2v) is 9.73. The number of carbonyl (C=O) groups is 2. The standard InChI is InChI=1S/C28H34ClN5O6.ClH/c1-18(2)31-12-10-28(37)40-24-8-5-21(14-20(24)16-30)38-13-3-11-32-27(36)17-39-25-7-4-19(15-22(25)29)23-6-9-26(35)34-33-23;/h4-5,7-8,14-15,18,28,31,37H,3,6,9-13,17H2,1-2H3,(H,32,36)(H,34,35);1H/t28-;/m0./s1. The van der Waals surface area contributed by atoms with Crippen LogP contribution in [0.4, 0.5) is 0 Å². The Labute approximate surface area is 250 Å². The van der Waals surface area contributed by atoms with E-state index < -0.39 is 6.29 Å². The molecule has 0 bridgehead atoms. The lowest BCUT2D eigenvalue weighted by molar-refractivity contribution is -0.123. The summed E-state index contributed by atoms with van der Waals surface area (Å²) in [7, 11) is 0. The zero-order valence-corrected chi connectivity index (χ0v) is 24.5. The number of ether oxygens (including phenoxy) is 3. The fraction of sp³-hybridized carbons (Fsp3) is 0.429. The summed E-state index contributed by atoms with van der Waals surface area (Å²) in [6, 6.07) is 12.3. The van der Waals surface area contributed by atoms with Gasteiger partial charge in [0.1, 0.15) is 23.3 Å². The maximum Gasteiger partial charge on any atom is 0.257 e. The maximum atomic E-state index is 12.2. The van der Waals surface area contributed by atoms with Gasteiger partial charge in [-0.2, -0.15) is 10.4 Å². The summed E-state index contributed by atoms with van der Waals surface area (Å²) >= 11 is 6.29. The van der Waals surface area contributed by atoms with Crippen molar-refractivity contribution in [3.63, 3.8) is 0 Å². The van der Waals surface area contributed by atoms with Gasteiger partial charge in [0.05, 0.1) is 22.9 Å². The lowest BCUT2D eigenvalue weighted by Crippen LogP contribution is -2.30. The molecule has 0 fully saturated rings. The first-order chi connectivity index (χ1) is 19.2. The molecular formula is C28H35Cl2N5O6. The van der Waals surface area contributed by atoms with E-state index in [1.54, 1.807) is 36.4 Å². The van der Waals surface area contributed by atoms with Crippen LogP contribution in [0.5, 0.6) is 17.2 Å². The van der Waals surface area contributed by atoms with Crippen molar-refractivity contribution in [2.75, 3.05) is 26.3 Å². The first-order valence-corrected chi connectivity index (χ1v) is 13.4. The van der Waals surface area contributed by atoms with Gasteiger partial charge in [-0.1, -0.05) is 25.4 Å². The van der Waals surface area contributed by atoms with Crippen LogP contribution in [-0.2, 0) is 9.59 Å². The number of nitrogens with zero attached hydrogens (tertiary/aromatic N) is 2. The average molecular weight is 609 g/mol. The molecule has 0 aromatic heterocycles. The molecule has 0 saturated carbocycles. The van der Waals surface area contributed by atoms with Crippen LogP contribution >= 0.6 is 24.0 Å². The number of amides is 2. The van der Waals surface area contributed by atoms with Gasteiger partial charge in [0.25, 0.3) is 5.91 Å². The third kappa shape index (κ3) is 11.4. The summed E-state index contributed by atoms with van der Waals surface area (Å²) in [6.07, 6.45) is 0.769. The van der Waals surface area contributed by atoms with Gasteiger partial charge in [0, 0.05) is 44.5 Å². The van der Waals surface area contributed by atoms with E-state index in [1.807, 2.05) is 13.8 Å². The summed E-state index contributed by atoms with van der Waals surface area (Å²) in [5.41, 5.74) is 4.21. The predicted octanol–water partition coefficient (Wildman–Crippen LogP) is 3.30. The first kappa shape index (κ1) is 33.6. The number of carbonyl (C=O) groups excluding carboxylic acids is 2. The molecule has 0 saturated heterocycles. The van der Waals surface area contributed by atoms with Crippen molar-refractivity contribution in [1.82, 2.24) is 16.1 Å². The second-order valence-electron chi connectivity index (χ2n) is 9.32. The van der Waals surface area contributed by atoms with E-state index >= 15 is 0 Å². The zero-order chi connectivity index (χ0) is 28.9. The summed E-state index contributed by atoms with van der Waals surface area (Å²) in [5.74, 6) is 0.696. The van der Waals surface area contributed by atoms with Gasteiger partial charge in [0.15, 0.2) is 12.9 Å². The molecule has 0 unspecified atom stereocenters. The number of aliphatic hydroxyl groups excluding tert-OH is 1. The number of hydrogen-bond donors (Lipinski definition) is 4. The van der Waals surface area contributed by atoms with Crippen LogP contribution in [0.25, 0.3) is 0 Å². The molecule has 1 aliphatic rings. The topological polar surface area (TPSA) is 154 Å². The van der Waals surface area contributed by atoms with Gasteiger partial charge in [-0.3, -0.25) is 9.59 Å². The molecule has 41 heavy (non-hydrogen) atoms. The van der Waals surface area contributed by atoms with E-state index in [9.17, 15) is 20.0 Å². The van der Waals surface area contributed by atoms with E-state index in [0.29, 0.717) is 67.9 Å². The molecule has 0 aliphatic carbocycles. The normalized spacial score (nSPS) is 13.3. The van der Waals surface area contributed by atoms with Gasteiger partial charge in [-0.15, -0.1) is 12.4 Å². The number of rotatable bonds is 15. The predicted molar refractivity (Wildman–Crippen MR) is 157 cm³/mol. The molecular weight excluding hydrogens is 573 g/mol. The van der Waals surface area contributed by atoms with Crippen molar-refractivity contribution < 1.29 is 28.9 Å². The summed E-state index contributed by atoms with van der Waals surface area (Å²) < 4.78 is 16.7. The van der Waals surface area contributed by atoms with E-state index in [-0.39, 0.29) is 42.1 Å². The number of benzene rings is 2. The Morgan fingerprint density at radius 2 is 1.95 bits per heavy atom. The number of aliphatic hydroxyl groups is 1. The molecule has 13 heteroatoms. The molecule has 222 valence electrons. The Bertz CT molecular complexity index is 1250. The second kappa shape index (κ2) is 17.3. The van der Waals surface area contributed by atoms with Crippen LogP contribution < -0.4 is 30.3 Å². The molecule has 1 aliphatic heterocycles. The number of nitrogens with one attached hydrogen (secondary N) is 3. The van der Waals surface area contributed by atoms with Crippen molar-refractivity contribution >= 4 is 41.5 Å². The molecule has 0 radical (unpaired) electrons. The number of halogens is 2. The molecule has 0 spiro atoms. The largest absolute Gasteiger partial charge is 0.493 e. The van der Waals surface area contributed by atoms with Crippen LogP contribution in [0, 0.1) is 11.3 Å². The number of hydrazone groups is 1. The molecule has 4 N–H and O–H groups in total. The fourth-order valence-electron chi connectivity index (χ4n) is 3.65. The van der Waals surface area contributed by atoms with Crippen molar-refractivity contribution in [2.45, 2.75) is 51.9 Å². The summed E-state index contributed by atoms with van der Waals surface area (Å²) in [5, 5.41) is 29.8. The third-order valence-corrected chi connectivity index (χ3v) is 6.01. The minimum atomic E-state index is -1.03. The van der Waals surface area contributed by atoms with Crippen molar-refractivity contribution in [3.8, 4) is 23.3 Å². The van der Waals surface area contributed by atoms with Gasteiger partial charge in [-0.25, -0.2) is 5.43 Å². The quantitative estimate of drug-likeness (QED) is 0.178. The Hall–Kier alpha value is -3.56. The van der Waals surface area contributed by atoms with E-state index in [0.717, 1.165) is 11.3 Å². The lowest BCUT2D eigenvalue weighted by Gasteiger charge is -2.16. The SMILES string of the molecule is CC(C)NCC[C@@H](O)Oc1ccc(OCCCNC(=O)COc2ccc(C3=NNC(=O)CC3)cc2Cl)cc1C#N.Cl. The highest BCUT2D eigenvalue weighted by Gasteiger charge is 2.15. The first-order valence-electron chi connectivity index (χ1n) is 13.0. The van der Waals surface area contributed by atoms with Crippen molar-refractivity contribution in [3.05, 3.63) is 52.5 Å². The monoisotopic (exact) mass is 607 g/mol. The summed E-state index contributed by atoms with van der Waals surface area (Å²) in [6.45, 7) is 5.09. The minimum absolute atomic E-state index is 0. The van der Waals surface area contributed by atoms with Crippen LogP contribution in [0.3, 0.4) is 0 Å². The summed E-state index contributed by atoms with van der Waals surface area (Å²) in [4.78, 5) is 23.4. The molecule has 1 atom stereocenters. The maximum absolute atomic E-state index is 12.2. The van der Waals surface area contributed by atoms with Crippen LogP contribution in [0.1, 0.15) is 50.7 Å². The highest BCUT2D eigenvalue weighted by Crippen LogP contribution is 2.27. The van der Waals surface area contributed by atoms with Gasteiger partial charge < -0.3 is 30.0 Å². The van der Waals surface area contributed by atoms with E-state index in [1.165, 1.54) is 0 Å². The molecule has 2 aromatic carbocycles. The van der Waals surface area contributed by atoms with Gasteiger partial charge in [0.2, 0.25) is 5.91 Å². The Morgan fingerprint density at radius 3 is 2.63 bits per heavy atom. The molecule has 1 heterocycles. The Kier molecular flexibility index (Phi) is 14.2. The Morgan fingerprint density at radius 1 is 1.17 bits per heavy atom. The van der Waals surface area contributed by atoms with Crippen LogP contribution in [-0.4, -0.2) is 61.3 Å². The molecule has 2 amide bonds. The smallest absolute Gasteiger partial charge is 0.257 e. The molecule has 2 aromatic rings. The highest BCUT2D eigenvalue weighted by molar-refractivity contribution is 6.32. The Balaban J connectivity index is 0.00000588. The van der Waals surface area contributed by atoms with Crippen molar-refractivity contribution in [2.24, 2.45) is 5.10 Å². The molecule has 3 rings (SSSR count). The van der Waals surface area contributed by atoms with Crippen LogP contribution in [0.2, 0.25) is 5.02 Å². The van der Waals surface area contributed by atoms with Gasteiger partial charge in [-0.05, 0) is 42.3 Å². The fourth-order valence-corrected chi connectivity index (χ4v) is 3.89. The van der Waals surface area contributed by atoms with Crippen LogP contribution in [0.15, 0.2) is 41.5 Å². The number of nitriles is 1. The van der Waals surface area contributed by atoms with Crippen molar-refractivity contribution in [1.29, 1.82) is 5.26 Å². The number of hydrogen-bond acceptors (Lipinski definition) is 9. The van der Waals surface area contributed by atoms with Gasteiger partial charge >= 0.3 is 0 Å². The van der Waals surface area contributed by atoms with E-state index in [4.69, 9.17) is 25.8 Å². The minimum Gasteiger partial charge on any atom is -0.493 e. The van der Waals surface area contributed by atoms with E-state index in [2.05, 4.69) is 27.2 Å². The molecule has 11 nitrogen and oxygen atoms in total. The highest BCUT2D eigenvalue weighted by atomic mass is 35.5. The average Bonchev–Trinajstić information content (AvgIpc) is 2.93. The zero-order valence-electron chi connectivity index (χ0n) is 22.9. The third-order valence-electron chi connectivity index (χ3n) is 5.72. The lowest BCUT2D eigenvalue weighted by atomic mass is 10.0.